The fourth-order valence-corrected chi connectivity index (χ4v) is 6.38. The lowest BCUT2D eigenvalue weighted by Crippen LogP contribution is -2.16. The van der Waals surface area contributed by atoms with Gasteiger partial charge in [0.05, 0.1) is 23.3 Å². The molecule has 1 amide bonds. The van der Waals surface area contributed by atoms with Gasteiger partial charge in [-0.15, -0.1) is 22.7 Å². The first-order valence-corrected chi connectivity index (χ1v) is 13.5. The van der Waals surface area contributed by atoms with E-state index in [1.54, 1.807) is 18.3 Å². The van der Waals surface area contributed by atoms with E-state index in [4.69, 9.17) is 4.74 Å². The van der Waals surface area contributed by atoms with E-state index in [9.17, 15) is 9.59 Å². The highest BCUT2D eigenvalue weighted by molar-refractivity contribution is 9.10. The number of hydrogen-bond acceptors (Lipinski definition) is 8. The number of thiophene rings is 2. The molecule has 0 aliphatic heterocycles. The van der Waals surface area contributed by atoms with Crippen LogP contribution in [0.5, 0.6) is 0 Å². The molecule has 0 spiro atoms. The molecule has 6 nitrogen and oxygen atoms in total. The summed E-state index contributed by atoms with van der Waals surface area (Å²) in [7, 11) is 0. The number of carbonyl (C=O) groups is 2. The van der Waals surface area contributed by atoms with Crippen molar-refractivity contribution >= 4 is 77.5 Å². The summed E-state index contributed by atoms with van der Waals surface area (Å²) in [6.07, 6.45) is 1.52. The molecule has 1 N–H and O–H groups in total. The lowest BCUT2D eigenvalue weighted by atomic mass is 10.1. The molecule has 1 aromatic carbocycles. The number of carbonyl (C=O) groups excluding carboxylic acids is 2. The summed E-state index contributed by atoms with van der Waals surface area (Å²) in [5, 5.41) is 7.17. The highest BCUT2D eigenvalue weighted by Gasteiger charge is 2.22. The molecule has 3 heterocycles. The molecule has 4 rings (SSSR count). The lowest BCUT2D eigenvalue weighted by Gasteiger charge is -2.08. The Hall–Kier alpha value is -2.27. The van der Waals surface area contributed by atoms with E-state index in [1.165, 1.54) is 29.4 Å². The second-order valence-corrected chi connectivity index (χ2v) is 11.0. The maximum absolute atomic E-state index is 12.8. The van der Waals surface area contributed by atoms with Gasteiger partial charge in [-0.05, 0) is 44.0 Å². The van der Waals surface area contributed by atoms with Crippen LogP contribution in [0.15, 0.2) is 45.5 Å². The van der Waals surface area contributed by atoms with Gasteiger partial charge in [-0.3, -0.25) is 4.79 Å². The number of fused-ring (bicyclic) bond motifs is 1. The Balaban J connectivity index is 1.55. The summed E-state index contributed by atoms with van der Waals surface area (Å²) in [5.74, 6) is -0.476. The van der Waals surface area contributed by atoms with Crippen molar-refractivity contribution in [3.05, 3.63) is 56.4 Å². The van der Waals surface area contributed by atoms with Crippen molar-refractivity contribution in [1.29, 1.82) is 0 Å². The van der Waals surface area contributed by atoms with E-state index in [-0.39, 0.29) is 18.3 Å². The van der Waals surface area contributed by atoms with Crippen LogP contribution >= 0.6 is 50.4 Å². The first kappa shape index (κ1) is 23.9. The zero-order valence-electron chi connectivity index (χ0n) is 18.1. The number of rotatable bonds is 7. The van der Waals surface area contributed by atoms with Gasteiger partial charge < -0.3 is 10.1 Å². The lowest BCUT2D eigenvalue weighted by molar-refractivity contribution is -0.113. The number of aromatic nitrogens is 2. The average Bonchev–Trinajstić information content (AvgIpc) is 3.34. The zero-order chi connectivity index (χ0) is 23.5. The predicted octanol–water partition coefficient (Wildman–Crippen LogP) is 6.71. The quantitative estimate of drug-likeness (QED) is 0.153. The van der Waals surface area contributed by atoms with Crippen LogP contribution < -0.4 is 5.32 Å². The van der Waals surface area contributed by atoms with E-state index >= 15 is 0 Å². The molecule has 0 saturated carbocycles. The molecular weight excluding hydrogens is 542 g/mol. The maximum atomic E-state index is 12.8. The second-order valence-electron chi connectivity index (χ2n) is 7.06. The molecule has 3 aromatic heterocycles. The van der Waals surface area contributed by atoms with Crippen molar-refractivity contribution in [2.24, 2.45) is 0 Å². The number of amides is 1. The third-order valence-electron chi connectivity index (χ3n) is 4.95. The standard InChI is InChI=1S/C23H20BrN3O3S3/c1-4-30-23(29)18-12(2)13(3)33-22(18)27-17(28)10-32-21-19-16(9-31-20(19)25-11-26-21)14-5-7-15(24)8-6-14/h5-9,11H,4,10H2,1-3H3,(H,27,28). The van der Waals surface area contributed by atoms with Crippen molar-refractivity contribution in [3.63, 3.8) is 0 Å². The van der Waals surface area contributed by atoms with Crippen molar-refractivity contribution in [1.82, 2.24) is 9.97 Å². The molecule has 0 saturated heterocycles. The Morgan fingerprint density at radius 2 is 1.94 bits per heavy atom. The van der Waals surface area contributed by atoms with Crippen LogP contribution in [0.2, 0.25) is 0 Å². The summed E-state index contributed by atoms with van der Waals surface area (Å²) in [6.45, 7) is 5.82. The van der Waals surface area contributed by atoms with Gasteiger partial charge in [0.25, 0.3) is 0 Å². The van der Waals surface area contributed by atoms with Crippen molar-refractivity contribution in [3.8, 4) is 11.1 Å². The van der Waals surface area contributed by atoms with Crippen LogP contribution in [-0.4, -0.2) is 34.2 Å². The Morgan fingerprint density at radius 1 is 1.18 bits per heavy atom. The van der Waals surface area contributed by atoms with Gasteiger partial charge >= 0.3 is 5.97 Å². The molecule has 0 atom stereocenters. The fraction of sp³-hybridized carbons (Fsp3) is 0.217. The largest absolute Gasteiger partial charge is 0.462 e. The third kappa shape index (κ3) is 5.13. The SMILES string of the molecule is CCOC(=O)c1c(NC(=O)CSc2ncnc3scc(-c4ccc(Br)cc4)c23)sc(C)c1C. The molecule has 0 radical (unpaired) electrons. The van der Waals surface area contributed by atoms with Gasteiger partial charge in [0.1, 0.15) is 21.2 Å². The average molecular weight is 563 g/mol. The Morgan fingerprint density at radius 3 is 2.67 bits per heavy atom. The normalized spacial score (nSPS) is 11.0. The van der Waals surface area contributed by atoms with Gasteiger partial charge in [-0.1, -0.05) is 39.8 Å². The van der Waals surface area contributed by atoms with Gasteiger partial charge in [0.15, 0.2) is 0 Å². The number of nitrogens with one attached hydrogen (secondary N) is 1. The van der Waals surface area contributed by atoms with Crippen LogP contribution in [0.1, 0.15) is 27.7 Å². The highest BCUT2D eigenvalue weighted by atomic mass is 79.9. The van der Waals surface area contributed by atoms with Crippen molar-refractivity contribution in [2.75, 3.05) is 17.7 Å². The third-order valence-corrected chi connectivity index (χ3v) is 8.48. The van der Waals surface area contributed by atoms with Gasteiger partial charge in [-0.2, -0.15) is 0 Å². The summed E-state index contributed by atoms with van der Waals surface area (Å²) in [4.78, 5) is 35.8. The van der Waals surface area contributed by atoms with E-state index in [0.29, 0.717) is 10.6 Å². The molecule has 4 aromatic rings. The van der Waals surface area contributed by atoms with Crippen molar-refractivity contribution < 1.29 is 14.3 Å². The summed E-state index contributed by atoms with van der Waals surface area (Å²) < 4.78 is 6.18. The first-order chi connectivity index (χ1) is 15.9. The number of anilines is 1. The number of esters is 1. The number of ether oxygens (including phenoxy) is 1. The second kappa shape index (κ2) is 10.3. The molecule has 0 aliphatic rings. The minimum atomic E-state index is -0.419. The highest BCUT2D eigenvalue weighted by Crippen LogP contribution is 2.38. The molecule has 0 bridgehead atoms. The number of hydrogen-bond donors (Lipinski definition) is 1. The molecule has 0 unspecified atom stereocenters. The maximum Gasteiger partial charge on any atom is 0.341 e. The first-order valence-electron chi connectivity index (χ1n) is 10.1. The van der Waals surface area contributed by atoms with Crippen LogP contribution in [0.3, 0.4) is 0 Å². The number of thioether (sulfide) groups is 1. The van der Waals surface area contributed by atoms with Gasteiger partial charge in [0.2, 0.25) is 5.91 Å². The smallest absolute Gasteiger partial charge is 0.341 e. The molecule has 10 heteroatoms. The number of benzene rings is 1. The summed E-state index contributed by atoms with van der Waals surface area (Å²) >= 11 is 7.75. The van der Waals surface area contributed by atoms with Crippen LogP contribution in [0.4, 0.5) is 5.00 Å². The molecule has 170 valence electrons. The van der Waals surface area contributed by atoms with Gasteiger partial charge in [0, 0.05) is 20.3 Å². The van der Waals surface area contributed by atoms with E-state index in [2.05, 4.69) is 36.6 Å². The number of aryl methyl sites for hydroxylation is 1. The molecule has 0 aliphatic carbocycles. The van der Waals surface area contributed by atoms with E-state index in [0.717, 1.165) is 41.3 Å². The van der Waals surface area contributed by atoms with Crippen LogP contribution in [-0.2, 0) is 9.53 Å². The van der Waals surface area contributed by atoms with Crippen molar-refractivity contribution in [2.45, 2.75) is 25.8 Å². The Labute approximate surface area is 211 Å². The monoisotopic (exact) mass is 561 g/mol. The van der Waals surface area contributed by atoms with E-state index < -0.39 is 5.97 Å². The molecule has 0 fully saturated rings. The minimum absolute atomic E-state index is 0.153. The zero-order valence-corrected chi connectivity index (χ0v) is 22.1. The number of nitrogens with zero attached hydrogens (tertiary/aromatic N) is 2. The Kier molecular flexibility index (Phi) is 7.48. The van der Waals surface area contributed by atoms with Crippen LogP contribution in [0.25, 0.3) is 21.3 Å². The molecule has 33 heavy (non-hydrogen) atoms. The predicted molar refractivity (Wildman–Crippen MR) is 140 cm³/mol. The molecular formula is C23H20BrN3O3S3. The van der Waals surface area contributed by atoms with Gasteiger partial charge in [-0.25, -0.2) is 14.8 Å². The fourth-order valence-electron chi connectivity index (χ4n) is 3.26. The Bertz CT molecular complexity index is 1330. The van der Waals surface area contributed by atoms with E-state index in [1.807, 2.05) is 38.1 Å². The van der Waals surface area contributed by atoms with Crippen LogP contribution in [0, 0.1) is 13.8 Å². The number of halogens is 1. The summed E-state index contributed by atoms with van der Waals surface area (Å²) in [5.41, 5.74) is 3.36. The topological polar surface area (TPSA) is 81.2 Å². The summed E-state index contributed by atoms with van der Waals surface area (Å²) in [6, 6.07) is 8.07. The minimum Gasteiger partial charge on any atom is -0.462 e.